The lowest BCUT2D eigenvalue weighted by atomic mass is 10.1. The van der Waals surface area contributed by atoms with Crippen molar-refractivity contribution in [2.45, 2.75) is 77.4 Å². The van der Waals surface area contributed by atoms with Gasteiger partial charge in [0.1, 0.15) is 23.6 Å². The summed E-state index contributed by atoms with van der Waals surface area (Å²) in [5.41, 5.74) is 1.54. The lowest BCUT2D eigenvalue weighted by Gasteiger charge is -2.33. The predicted molar refractivity (Wildman–Crippen MR) is 293 cm³/mol. The zero-order chi connectivity index (χ0) is 56.8. The number of nitrogens with one attached hydrogen (secondary N) is 7. The van der Waals surface area contributed by atoms with E-state index in [1.165, 1.54) is 26.0 Å². The van der Waals surface area contributed by atoms with Gasteiger partial charge in [0.15, 0.2) is 5.95 Å². The number of hydrogen-bond donors (Lipinski definition) is 9. The number of imidazole rings is 1. The average Bonchev–Trinajstić information content (AvgIpc) is 4.10. The number of H-pyrrole nitrogens is 1. The summed E-state index contributed by atoms with van der Waals surface area (Å²) in [5, 5.41) is 28.4. The molecule has 1 aliphatic heterocycles. The van der Waals surface area contributed by atoms with Crippen molar-refractivity contribution in [1.82, 2.24) is 65.3 Å². The van der Waals surface area contributed by atoms with Crippen molar-refractivity contribution in [2.75, 3.05) is 122 Å². The number of aryl methyl sites for hydroxylation is 3. The van der Waals surface area contributed by atoms with E-state index >= 15 is 0 Å². The summed E-state index contributed by atoms with van der Waals surface area (Å²) in [7, 11) is -9.11. The smallest absolute Gasteiger partial charge is 0.323 e. The highest BCUT2D eigenvalue weighted by Gasteiger charge is 2.30. The van der Waals surface area contributed by atoms with E-state index in [2.05, 4.69) is 81.8 Å². The molecule has 1 aliphatic rings. The minimum atomic E-state index is -4.67. The van der Waals surface area contributed by atoms with E-state index in [1.54, 1.807) is 41.5 Å². The molecule has 9 N–H and O–H groups in total. The highest BCUT2D eigenvalue weighted by atomic mass is 32.2. The number of carboxylic acids is 1. The number of fused-ring (bicyclic) bond motifs is 1. The van der Waals surface area contributed by atoms with E-state index in [1.807, 2.05) is 4.90 Å². The summed E-state index contributed by atoms with van der Waals surface area (Å²) in [6.07, 6.45) is 6.01. The number of carbonyl (C=O) groups is 5. The van der Waals surface area contributed by atoms with Gasteiger partial charge in [-0.15, -0.1) is 0 Å². The average molecular weight is 1130 g/mol. The minimum absolute atomic E-state index is 0.0160. The fourth-order valence-corrected chi connectivity index (χ4v) is 11.2. The maximum Gasteiger partial charge on any atom is 0.323 e. The van der Waals surface area contributed by atoms with Gasteiger partial charge in [0.05, 0.1) is 29.8 Å². The fraction of sp³-hybridized carbons (Fsp3) is 0.580. The number of rotatable bonds is 29. The van der Waals surface area contributed by atoms with Gasteiger partial charge in [-0.3, -0.25) is 38.1 Å². The van der Waals surface area contributed by atoms with E-state index in [9.17, 15) is 50.5 Å². The summed E-state index contributed by atoms with van der Waals surface area (Å²) in [6, 6.07) is 4.57. The Labute approximate surface area is 456 Å². The number of amides is 4. The molecule has 5 rings (SSSR count). The number of hydrogen-bond acceptors (Lipinski definition) is 17. The minimum Gasteiger partial charge on any atom is -0.494 e. The number of sulfonamides is 1. The lowest BCUT2D eigenvalue weighted by molar-refractivity contribution is -0.138. The Morgan fingerprint density at radius 2 is 1.38 bits per heavy atom. The van der Waals surface area contributed by atoms with Crippen LogP contribution in [-0.2, 0) is 45.9 Å². The first-order valence-electron chi connectivity index (χ1n) is 26.3. The Bertz CT molecular complexity index is 2790. The maximum absolute atomic E-state index is 13.6. The summed E-state index contributed by atoms with van der Waals surface area (Å²) >= 11 is 0. The predicted octanol–water partition coefficient (Wildman–Crippen LogP) is 0.0852. The molecule has 0 saturated carbocycles. The van der Waals surface area contributed by atoms with Crippen LogP contribution in [0.1, 0.15) is 61.5 Å². The molecule has 432 valence electrons. The van der Waals surface area contributed by atoms with Crippen LogP contribution in [0.4, 0.5) is 5.95 Å². The van der Waals surface area contributed by atoms with Crippen molar-refractivity contribution in [3.8, 4) is 5.75 Å². The van der Waals surface area contributed by atoms with Crippen LogP contribution in [-0.4, -0.2) is 225 Å². The van der Waals surface area contributed by atoms with Crippen LogP contribution < -0.4 is 36.0 Å². The molecule has 2 atom stereocenters. The molecule has 0 aliphatic carbocycles. The first-order valence-corrected chi connectivity index (χ1v) is 29.4. The number of carboxylic acid groups (broad SMARTS) is 1. The van der Waals surface area contributed by atoms with Crippen molar-refractivity contribution < 1.29 is 55.2 Å². The van der Waals surface area contributed by atoms with Crippen LogP contribution in [0.25, 0.3) is 10.9 Å². The summed E-state index contributed by atoms with van der Waals surface area (Å²) in [4.78, 5) is 80.5. The molecule has 0 bridgehead atoms. The normalized spacial score (nSPS) is 15.6. The molecular weight excluding hydrogens is 1050 g/mol. The molecular formula is C50H78N14O12S2. The number of nitrogens with zero attached hydrogens (tertiary/aromatic N) is 7. The molecule has 4 aromatic rings. The van der Waals surface area contributed by atoms with Crippen LogP contribution in [0.5, 0.6) is 5.75 Å². The number of carbonyl (C=O) groups excluding carboxylic acids is 4. The van der Waals surface area contributed by atoms with Crippen LogP contribution in [0.2, 0.25) is 0 Å². The Hall–Kier alpha value is -6.27. The molecule has 2 aromatic carbocycles. The van der Waals surface area contributed by atoms with Crippen molar-refractivity contribution in [3.63, 3.8) is 0 Å². The van der Waals surface area contributed by atoms with Crippen LogP contribution in [0.15, 0.2) is 53.8 Å². The molecule has 78 heavy (non-hydrogen) atoms. The topological polar surface area (TPSA) is 335 Å². The quantitative estimate of drug-likeness (QED) is 0.0257. The summed E-state index contributed by atoms with van der Waals surface area (Å²) in [6.45, 7) is 18.8. The fourth-order valence-electron chi connectivity index (χ4n) is 8.89. The second-order valence-corrected chi connectivity index (χ2v) is 22.2. The molecule has 4 amide bonds. The number of benzene rings is 2. The van der Waals surface area contributed by atoms with Crippen LogP contribution in [0, 0.1) is 13.8 Å². The second-order valence-electron chi connectivity index (χ2n) is 19.0. The molecule has 1 fully saturated rings. The molecule has 0 radical (unpaired) electrons. The number of aromatic nitrogens is 4. The number of aliphatic carboxylic acids is 1. The van der Waals surface area contributed by atoms with Gasteiger partial charge in [0, 0.05) is 115 Å². The van der Waals surface area contributed by atoms with Crippen molar-refractivity contribution in [2.24, 2.45) is 0 Å². The molecule has 26 nitrogen and oxygen atoms in total. The third-order valence-electron chi connectivity index (χ3n) is 13.2. The molecule has 0 spiro atoms. The molecule has 3 heterocycles. The van der Waals surface area contributed by atoms with Crippen molar-refractivity contribution in [1.29, 1.82) is 0 Å². The largest absolute Gasteiger partial charge is 0.494 e. The number of likely N-dealkylation sites (N-methyl/N-ethyl adjacent to an activating group) is 3. The van der Waals surface area contributed by atoms with Crippen molar-refractivity contribution in [3.05, 3.63) is 65.6 Å². The van der Waals surface area contributed by atoms with E-state index in [-0.39, 0.29) is 66.6 Å². The van der Waals surface area contributed by atoms with Gasteiger partial charge in [-0.2, -0.15) is 18.2 Å². The van der Waals surface area contributed by atoms with Gasteiger partial charge in [-0.25, -0.2) is 13.4 Å². The van der Waals surface area contributed by atoms with E-state index in [0.29, 0.717) is 43.3 Å². The van der Waals surface area contributed by atoms with Gasteiger partial charge in [-0.05, 0) is 87.8 Å². The second kappa shape index (κ2) is 30.8. The first-order chi connectivity index (χ1) is 37.2. The Morgan fingerprint density at radius 1 is 0.769 bits per heavy atom. The van der Waals surface area contributed by atoms with Crippen LogP contribution in [0.3, 0.4) is 0 Å². The number of aromatic amines is 1. The molecule has 2 aromatic heterocycles. The highest BCUT2D eigenvalue weighted by molar-refractivity contribution is 7.89. The zero-order valence-electron chi connectivity index (χ0n) is 45.3. The maximum atomic E-state index is 13.6. The highest BCUT2D eigenvalue weighted by Crippen LogP contribution is 2.26. The van der Waals surface area contributed by atoms with Gasteiger partial charge in [0.2, 0.25) is 27.7 Å². The van der Waals surface area contributed by atoms with Gasteiger partial charge < -0.3 is 56.1 Å². The number of anilines is 1. The Morgan fingerprint density at radius 3 is 1.96 bits per heavy atom. The first kappa shape index (κ1) is 62.6. The van der Waals surface area contributed by atoms with Gasteiger partial charge in [0.25, 0.3) is 16.0 Å². The lowest BCUT2D eigenvalue weighted by Crippen LogP contribution is -2.54. The van der Waals surface area contributed by atoms with E-state index in [0.717, 1.165) is 70.8 Å². The SMILES string of the molecule is CCN1CCN(CC)CCN(CC(=O)N[C@@H](CS(=O)(=O)O)C(=O)NCCNC(=O)CCCOc2cc(C)c(S(=O)(=O)N[C@@H](CNC(=O)c3ccc4c(cnn4CCCNc4ncc[nH]4)c3)C(=O)O)c(C)c2)CCN(CC)CC1. The molecule has 1 saturated heterocycles. The van der Waals surface area contributed by atoms with Gasteiger partial charge >= 0.3 is 5.97 Å². The number of ether oxygens (including phenoxy) is 1. The van der Waals surface area contributed by atoms with E-state index < -0.39 is 68.2 Å². The monoisotopic (exact) mass is 1130 g/mol. The van der Waals surface area contributed by atoms with Gasteiger partial charge in [-0.1, -0.05) is 20.8 Å². The summed E-state index contributed by atoms with van der Waals surface area (Å²) in [5.74, 6) is -3.99. The molecule has 0 unspecified atom stereocenters. The summed E-state index contributed by atoms with van der Waals surface area (Å²) < 4.78 is 70.5. The van der Waals surface area contributed by atoms with E-state index in [4.69, 9.17) is 4.74 Å². The third-order valence-corrected chi connectivity index (χ3v) is 15.8. The standard InChI is InChI=1S/C50H78N14O12S2/c1-6-60-20-22-61(7-2)24-26-63(27-25-62(8-3)23-21-60)34-45(66)58-42(35-77(71,72)73)48(68)52-16-15-51-44(65)11-9-28-76-40-29-36(4)46(37(5)30-40)78(74,75)59-41(49(69)70)33-56-47(67)38-12-13-43-39(31-38)32-57-64(43)19-10-14-53-50-54-17-18-55-50/h12-13,17-18,29-32,41-42,59H,6-11,14-16,19-28,33-35H2,1-5H3,(H,51,65)(H,52,68)(H,56,67)(H,58,66)(H,69,70)(H2,53,54,55)(H,71,72,73)/t41-,42-/m0/s1. The Balaban J connectivity index is 1.03. The van der Waals surface area contributed by atoms with Crippen LogP contribution >= 0.6 is 0 Å². The third kappa shape index (κ3) is 20.5. The zero-order valence-corrected chi connectivity index (χ0v) is 46.9. The Kier molecular flexibility index (Phi) is 24.7. The van der Waals surface area contributed by atoms with Crippen molar-refractivity contribution >= 4 is 66.6 Å². The molecule has 28 heteroatoms.